The molecule has 106 valence electrons. The van der Waals surface area contributed by atoms with E-state index in [4.69, 9.17) is 4.74 Å². The van der Waals surface area contributed by atoms with Crippen molar-refractivity contribution in [2.45, 2.75) is 52.2 Å². The number of aliphatic hydroxyl groups is 1. The van der Waals surface area contributed by atoms with E-state index in [1.165, 1.54) is 12.5 Å². The van der Waals surface area contributed by atoms with Gasteiger partial charge in [0.25, 0.3) is 0 Å². The van der Waals surface area contributed by atoms with Crippen LogP contribution in [0.15, 0.2) is 18.2 Å². The molecular weight excluding hydrogens is 243 g/mol. The molecule has 0 aliphatic heterocycles. The Labute approximate surface area is 114 Å². The van der Waals surface area contributed by atoms with Gasteiger partial charge in [0.05, 0.1) is 12.2 Å². The summed E-state index contributed by atoms with van der Waals surface area (Å²) in [6.07, 6.45) is 2.65. The number of ether oxygens (including phenoxy) is 1. The molecule has 0 aromatic heterocycles. The molecule has 0 bridgehead atoms. The van der Waals surface area contributed by atoms with Gasteiger partial charge in [0.15, 0.2) is 11.6 Å². The third-order valence-corrected chi connectivity index (χ3v) is 3.87. The van der Waals surface area contributed by atoms with Gasteiger partial charge in [0.2, 0.25) is 0 Å². The van der Waals surface area contributed by atoms with E-state index in [9.17, 15) is 9.50 Å². The fourth-order valence-electron chi connectivity index (χ4n) is 3.02. The van der Waals surface area contributed by atoms with Gasteiger partial charge in [-0.1, -0.05) is 19.9 Å². The molecule has 1 aromatic rings. The lowest BCUT2D eigenvalue weighted by molar-refractivity contribution is 0.0969. The Balaban J connectivity index is 2.06. The summed E-state index contributed by atoms with van der Waals surface area (Å²) >= 11 is 0. The summed E-state index contributed by atoms with van der Waals surface area (Å²) in [7, 11) is 0. The van der Waals surface area contributed by atoms with Gasteiger partial charge < -0.3 is 9.84 Å². The number of rotatable bonds is 3. The highest BCUT2D eigenvalue weighted by molar-refractivity contribution is 5.30. The molecule has 1 aromatic carbocycles. The van der Waals surface area contributed by atoms with Gasteiger partial charge in [0.1, 0.15) is 0 Å². The van der Waals surface area contributed by atoms with Crippen LogP contribution in [0.3, 0.4) is 0 Å². The highest BCUT2D eigenvalue weighted by Crippen LogP contribution is 2.32. The Morgan fingerprint density at radius 3 is 2.37 bits per heavy atom. The minimum Gasteiger partial charge on any atom is -0.487 e. The zero-order chi connectivity index (χ0) is 14.0. The van der Waals surface area contributed by atoms with Crippen LogP contribution in [0.5, 0.6) is 5.75 Å². The topological polar surface area (TPSA) is 29.5 Å². The molecule has 3 heteroatoms. The molecule has 3 unspecified atom stereocenters. The first-order chi connectivity index (χ1) is 8.95. The van der Waals surface area contributed by atoms with Crippen LogP contribution in [-0.2, 0) is 0 Å². The molecule has 0 heterocycles. The van der Waals surface area contributed by atoms with Crippen LogP contribution < -0.4 is 4.74 Å². The summed E-state index contributed by atoms with van der Waals surface area (Å²) < 4.78 is 19.7. The third-order valence-electron chi connectivity index (χ3n) is 3.87. The SMILES string of the molecule is CC1CC(C)CC(Oc2ccc(C(C)O)cc2F)C1. The van der Waals surface area contributed by atoms with Crippen molar-refractivity contribution in [1.29, 1.82) is 0 Å². The molecule has 19 heavy (non-hydrogen) atoms. The van der Waals surface area contributed by atoms with Crippen LogP contribution >= 0.6 is 0 Å². The molecule has 2 rings (SSSR count). The predicted octanol–water partition coefficient (Wildman–Crippen LogP) is 4.08. The quantitative estimate of drug-likeness (QED) is 0.893. The molecule has 0 spiro atoms. The van der Waals surface area contributed by atoms with Gasteiger partial charge in [-0.25, -0.2) is 4.39 Å². The smallest absolute Gasteiger partial charge is 0.165 e. The summed E-state index contributed by atoms with van der Waals surface area (Å²) in [6, 6.07) is 4.70. The number of halogens is 1. The van der Waals surface area contributed by atoms with Gasteiger partial charge in [0, 0.05) is 0 Å². The molecule has 1 aliphatic rings. The molecule has 1 aliphatic carbocycles. The zero-order valence-corrected chi connectivity index (χ0v) is 11.9. The van der Waals surface area contributed by atoms with Gasteiger partial charge in [-0.3, -0.25) is 0 Å². The van der Waals surface area contributed by atoms with Gasteiger partial charge in [-0.05, 0) is 55.7 Å². The monoisotopic (exact) mass is 266 g/mol. The molecule has 1 saturated carbocycles. The number of hydrogen-bond donors (Lipinski definition) is 1. The standard InChI is InChI=1S/C16H23FO2/c1-10-6-11(2)8-14(7-10)19-16-5-4-13(12(3)18)9-15(16)17/h4-5,9-12,14,18H,6-8H2,1-3H3. The molecule has 1 fully saturated rings. The molecule has 0 amide bonds. The molecular formula is C16H23FO2. The van der Waals surface area contributed by atoms with Crippen LogP contribution in [-0.4, -0.2) is 11.2 Å². The fourth-order valence-corrected chi connectivity index (χ4v) is 3.02. The second kappa shape index (κ2) is 5.91. The van der Waals surface area contributed by atoms with E-state index >= 15 is 0 Å². The van der Waals surface area contributed by atoms with Gasteiger partial charge >= 0.3 is 0 Å². The first-order valence-electron chi connectivity index (χ1n) is 7.10. The van der Waals surface area contributed by atoms with Crippen molar-refractivity contribution in [2.75, 3.05) is 0 Å². The van der Waals surface area contributed by atoms with E-state index in [1.54, 1.807) is 19.1 Å². The Morgan fingerprint density at radius 1 is 1.21 bits per heavy atom. The second-order valence-corrected chi connectivity index (χ2v) is 6.02. The zero-order valence-electron chi connectivity index (χ0n) is 11.9. The average Bonchev–Trinajstić information content (AvgIpc) is 2.30. The summed E-state index contributed by atoms with van der Waals surface area (Å²) in [5.74, 6) is 1.18. The van der Waals surface area contributed by atoms with E-state index in [2.05, 4.69) is 13.8 Å². The first-order valence-corrected chi connectivity index (χ1v) is 7.10. The summed E-state index contributed by atoms with van der Waals surface area (Å²) in [6.45, 7) is 6.07. The summed E-state index contributed by atoms with van der Waals surface area (Å²) in [5.41, 5.74) is 0.579. The molecule has 0 saturated heterocycles. The van der Waals surface area contributed by atoms with Crippen LogP contribution in [0, 0.1) is 17.7 Å². The van der Waals surface area contributed by atoms with Crippen LogP contribution in [0.4, 0.5) is 4.39 Å². The number of benzene rings is 1. The highest BCUT2D eigenvalue weighted by atomic mass is 19.1. The maximum Gasteiger partial charge on any atom is 0.165 e. The van der Waals surface area contributed by atoms with E-state index in [-0.39, 0.29) is 11.9 Å². The predicted molar refractivity (Wildman–Crippen MR) is 73.6 cm³/mol. The number of hydrogen-bond acceptors (Lipinski definition) is 2. The fraction of sp³-hybridized carbons (Fsp3) is 0.625. The van der Waals surface area contributed by atoms with E-state index in [0.29, 0.717) is 23.1 Å². The van der Waals surface area contributed by atoms with Crippen molar-refractivity contribution in [3.05, 3.63) is 29.6 Å². The largest absolute Gasteiger partial charge is 0.487 e. The van der Waals surface area contributed by atoms with Crippen LogP contribution in [0.25, 0.3) is 0 Å². The Hall–Kier alpha value is -1.09. The van der Waals surface area contributed by atoms with Gasteiger partial charge in [-0.2, -0.15) is 0 Å². The molecule has 2 nitrogen and oxygen atoms in total. The van der Waals surface area contributed by atoms with Crippen molar-refractivity contribution in [2.24, 2.45) is 11.8 Å². The minimum atomic E-state index is -0.654. The Kier molecular flexibility index (Phi) is 4.46. The van der Waals surface area contributed by atoms with Crippen molar-refractivity contribution in [1.82, 2.24) is 0 Å². The first kappa shape index (κ1) is 14.3. The minimum absolute atomic E-state index is 0.102. The second-order valence-electron chi connectivity index (χ2n) is 6.02. The lowest BCUT2D eigenvalue weighted by atomic mass is 9.82. The van der Waals surface area contributed by atoms with Crippen molar-refractivity contribution in [3.63, 3.8) is 0 Å². The maximum atomic E-state index is 13.9. The van der Waals surface area contributed by atoms with E-state index in [1.807, 2.05) is 0 Å². The average molecular weight is 266 g/mol. The lowest BCUT2D eigenvalue weighted by Gasteiger charge is -2.31. The third kappa shape index (κ3) is 3.69. The molecule has 3 atom stereocenters. The van der Waals surface area contributed by atoms with Crippen molar-refractivity contribution < 1.29 is 14.2 Å². The Bertz CT molecular complexity index is 421. The summed E-state index contributed by atoms with van der Waals surface area (Å²) in [5, 5.41) is 9.42. The van der Waals surface area contributed by atoms with Crippen LogP contribution in [0.1, 0.15) is 51.7 Å². The Morgan fingerprint density at radius 2 is 1.84 bits per heavy atom. The van der Waals surface area contributed by atoms with Crippen molar-refractivity contribution >= 4 is 0 Å². The molecule has 0 radical (unpaired) electrons. The van der Waals surface area contributed by atoms with E-state index < -0.39 is 6.10 Å². The van der Waals surface area contributed by atoms with Gasteiger partial charge in [-0.15, -0.1) is 0 Å². The maximum absolute atomic E-state index is 13.9. The molecule has 1 N–H and O–H groups in total. The number of aliphatic hydroxyl groups excluding tert-OH is 1. The normalized spacial score (nSPS) is 29.0. The van der Waals surface area contributed by atoms with E-state index in [0.717, 1.165) is 12.8 Å². The van der Waals surface area contributed by atoms with Crippen molar-refractivity contribution in [3.8, 4) is 5.75 Å². The lowest BCUT2D eigenvalue weighted by Crippen LogP contribution is -2.28. The highest BCUT2D eigenvalue weighted by Gasteiger charge is 2.26. The summed E-state index contributed by atoms with van der Waals surface area (Å²) in [4.78, 5) is 0. The van der Waals surface area contributed by atoms with Crippen LogP contribution in [0.2, 0.25) is 0 Å².